The van der Waals surface area contributed by atoms with E-state index in [0.717, 1.165) is 6.42 Å². The van der Waals surface area contributed by atoms with Gasteiger partial charge >= 0.3 is 0 Å². The van der Waals surface area contributed by atoms with E-state index in [-0.39, 0.29) is 30.2 Å². The highest BCUT2D eigenvalue weighted by Gasteiger charge is 2.59. The highest BCUT2D eigenvalue weighted by Crippen LogP contribution is 2.46. The number of nitrogens with zero attached hydrogens (tertiary/aromatic N) is 1. The number of amides is 3. The SMILES string of the molecule is CCCNC(CN1C(=O)C2CC2C1=O)C(N)=O. The van der Waals surface area contributed by atoms with Gasteiger partial charge in [-0.15, -0.1) is 0 Å². The third kappa shape index (κ3) is 2.17. The van der Waals surface area contributed by atoms with Crippen molar-refractivity contribution in [3.05, 3.63) is 0 Å². The third-order valence-electron chi connectivity index (χ3n) is 3.31. The van der Waals surface area contributed by atoms with Crippen molar-refractivity contribution in [2.24, 2.45) is 17.6 Å². The molecule has 1 saturated heterocycles. The van der Waals surface area contributed by atoms with E-state index in [1.165, 1.54) is 4.90 Å². The van der Waals surface area contributed by atoms with Gasteiger partial charge in [-0.05, 0) is 19.4 Å². The average molecular weight is 239 g/mol. The molecule has 0 aromatic heterocycles. The molecule has 1 heterocycles. The molecule has 1 aliphatic carbocycles. The maximum Gasteiger partial charge on any atom is 0.236 e. The van der Waals surface area contributed by atoms with Crippen LogP contribution in [0.4, 0.5) is 0 Å². The van der Waals surface area contributed by atoms with Gasteiger partial charge in [0.25, 0.3) is 0 Å². The zero-order chi connectivity index (χ0) is 12.6. The monoisotopic (exact) mass is 239 g/mol. The van der Waals surface area contributed by atoms with Gasteiger partial charge in [-0.3, -0.25) is 19.3 Å². The Hall–Kier alpha value is -1.43. The Morgan fingerprint density at radius 1 is 1.47 bits per heavy atom. The van der Waals surface area contributed by atoms with E-state index in [1.807, 2.05) is 6.92 Å². The molecule has 0 aromatic rings. The number of carbonyl (C=O) groups is 3. The zero-order valence-corrected chi connectivity index (χ0v) is 9.81. The van der Waals surface area contributed by atoms with Gasteiger partial charge in [-0.1, -0.05) is 6.92 Å². The van der Waals surface area contributed by atoms with Crippen molar-refractivity contribution >= 4 is 17.7 Å². The first-order chi connectivity index (χ1) is 8.06. The predicted octanol–water partition coefficient (Wildman–Crippen LogP) is -1.16. The van der Waals surface area contributed by atoms with Crippen LogP contribution in [0.1, 0.15) is 19.8 Å². The smallest absolute Gasteiger partial charge is 0.236 e. The summed E-state index contributed by atoms with van der Waals surface area (Å²) in [5, 5.41) is 2.95. The van der Waals surface area contributed by atoms with Crippen LogP contribution in [-0.2, 0) is 14.4 Å². The van der Waals surface area contributed by atoms with Crippen LogP contribution in [0.3, 0.4) is 0 Å². The van der Waals surface area contributed by atoms with Crippen LogP contribution >= 0.6 is 0 Å². The van der Waals surface area contributed by atoms with E-state index in [2.05, 4.69) is 5.32 Å². The Balaban J connectivity index is 1.96. The Labute approximate surface area is 99.5 Å². The molecule has 3 N–H and O–H groups in total. The topological polar surface area (TPSA) is 92.5 Å². The number of hydrogen-bond acceptors (Lipinski definition) is 4. The molecule has 3 unspecified atom stereocenters. The number of primary amides is 1. The molecule has 2 fully saturated rings. The molecule has 17 heavy (non-hydrogen) atoms. The number of rotatable bonds is 6. The van der Waals surface area contributed by atoms with Gasteiger partial charge in [-0.25, -0.2) is 0 Å². The van der Waals surface area contributed by atoms with E-state index >= 15 is 0 Å². The van der Waals surface area contributed by atoms with Gasteiger partial charge in [0.05, 0.1) is 18.4 Å². The first-order valence-electron chi connectivity index (χ1n) is 5.94. The number of nitrogens with two attached hydrogens (primary N) is 1. The number of fused-ring (bicyclic) bond motifs is 1. The van der Waals surface area contributed by atoms with Crippen LogP contribution in [0.15, 0.2) is 0 Å². The standard InChI is InChI=1S/C11H17N3O3/c1-2-3-13-8(9(12)15)5-14-10(16)6-4-7(6)11(14)17/h6-8,13H,2-5H2,1H3,(H2,12,15). The molecule has 6 nitrogen and oxygen atoms in total. The van der Waals surface area contributed by atoms with Crippen LogP contribution in [0.25, 0.3) is 0 Å². The van der Waals surface area contributed by atoms with Gasteiger partial charge < -0.3 is 11.1 Å². The fourth-order valence-electron chi connectivity index (χ4n) is 2.19. The minimum Gasteiger partial charge on any atom is -0.368 e. The summed E-state index contributed by atoms with van der Waals surface area (Å²) in [5.74, 6) is -1.07. The molecule has 6 heteroatoms. The highest BCUT2D eigenvalue weighted by atomic mass is 16.2. The van der Waals surface area contributed by atoms with Crippen molar-refractivity contribution in [2.45, 2.75) is 25.8 Å². The van der Waals surface area contributed by atoms with Gasteiger partial charge in [0.2, 0.25) is 17.7 Å². The lowest BCUT2D eigenvalue weighted by atomic mass is 10.2. The lowest BCUT2D eigenvalue weighted by molar-refractivity contribution is -0.142. The van der Waals surface area contributed by atoms with Gasteiger partial charge in [0, 0.05) is 0 Å². The van der Waals surface area contributed by atoms with Crippen molar-refractivity contribution in [2.75, 3.05) is 13.1 Å². The minimum absolute atomic E-state index is 0.0694. The maximum atomic E-state index is 11.7. The molecule has 2 rings (SSSR count). The fraction of sp³-hybridized carbons (Fsp3) is 0.727. The number of hydrogen-bond donors (Lipinski definition) is 2. The Morgan fingerprint density at radius 3 is 2.53 bits per heavy atom. The van der Waals surface area contributed by atoms with E-state index in [9.17, 15) is 14.4 Å². The molecular formula is C11H17N3O3. The van der Waals surface area contributed by atoms with Crippen molar-refractivity contribution in [1.82, 2.24) is 10.2 Å². The second-order valence-electron chi connectivity index (χ2n) is 4.64. The van der Waals surface area contributed by atoms with Crippen LogP contribution in [0.5, 0.6) is 0 Å². The van der Waals surface area contributed by atoms with Crippen LogP contribution in [-0.4, -0.2) is 41.8 Å². The fourth-order valence-corrected chi connectivity index (χ4v) is 2.19. The van der Waals surface area contributed by atoms with Crippen LogP contribution < -0.4 is 11.1 Å². The molecule has 94 valence electrons. The number of nitrogens with one attached hydrogen (secondary N) is 1. The Morgan fingerprint density at radius 2 is 2.06 bits per heavy atom. The molecule has 1 aliphatic heterocycles. The van der Waals surface area contributed by atoms with Gasteiger partial charge in [0.15, 0.2) is 0 Å². The molecule has 2 aliphatic rings. The summed E-state index contributed by atoms with van der Waals surface area (Å²) in [6.45, 7) is 2.67. The molecular weight excluding hydrogens is 222 g/mol. The summed E-state index contributed by atoms with van der Waals surface area (Å²) < 4.78 is 0. The number of imide groups is 1. The lowest BCUT2D eigenvalue weighted by Crippen LogP contribution is -2.51. The summed E-state index contributed by atoms with van der Waals surface area (Å²) >= 11 is 0. The molecule has 1 saturated carbocycles. The predicted molar refractivity (Wildman–Crippen MR) is 59.6 cm³/mol. The first kappa shape index (κ1) is 12.0. The summed E-state index contributed by atoms with van der Waals surface area (Å²) in [4.78, 5) is 35.8. The highest BCUT2D eigenvalue weighted by molar-refractivity contribution is 6.09. The normalized spacial score (nSPS) is 28.2. The summed E-state index contributed by atoms with van der Waals surface area (Å²) in [5.41, 5.74) is 5.24. The number of likely N-dealkylation sites (tertiary alicyclic amines) is 1. The third-order valence-corrected chi connectivity index (χ3v) is 3.31. The minimum atomic E-state index is -0.639. The quantitative estimate of drug-likeness (QED) is 0.572. The van der Waals surface area contributed by atoms with Crippen molar-refractivity contribution in [3.8, 4) is 0 Å². The molecule has 0 bridgehead atoms. The van der Waals surface area contributed by atoms with Gasteiger partial charge in [0.1, 0.15) is 6.04 Å². The van der Waals surface area contributed by atoms with Crippen molar-refractivity contribution in [3.63, 3.8) is 0 Å². The first-order valence-corrected chi connectivity index (χ1v) is 5.94. The van der Waals surface area contributed by atoms with E-state index in [0.29, 0.717) is 13.0 Å². The molecule has 0 spiro atoms. The maximum absolute atomic E-state index is 11.7. The van der Waals surface area contributed by atoms with Crippen molar-refractivity contribution in [1.29, 1.82) is 0 Å². The zero-order valence-electron chi connectivity index (χ0n) is 9.81. The molecule has 0 aromatic carbocycles. The average Bonchev–Trinajstić information content (AvgIpc) is 3.03. The summed E-state index contributed by atoms with van der Waals surface area (Å²) in [6, 6.07) is -0.639. The van der Waals surface area contributed by atoms with Crippen LogP contribution in [0, 0.1) is 11.8 Å². The Kier molecular flexibility index (Phi) is 3.15. The van der Waals surface area contributed by atoms with Crippen LogP contribution in [0.2, 0.25) is 0 Å². The molecule has 3 atom stereocenters. The Bertz CT molecular complexity index is 349. The second kappa shape index (κ2) is 4.44. The van der Waals surface area contributed by atoms with E-state index < -0.39 is 11.9 Å². The van der Waals surface area contributed by atoms with E-state index in [1.54, 1.807) is 0 Å². The lowest BCUT2D eigenvalue weighted by Gasteiger charge is -2.22. The van der Waals surface area contributed by atoms with Gasteiger partial charge in [-0.2, -0.15) is 0 Å². The molecule has 3 amide bonds. The summed E-state index contributed by atoms with van der Waals surface area (Å²) in [7, 11) is 0. The molecule has 0 radical (unpaired) electrons. The summed E-state index contributed by atoms with van der Waals surface area (Å²) in [6.07, 6.45) is 1.54. The van der Waals surface area contributed by atoms with E-state index in [4.69, 9.17) is 5.73 Å². The number of carbonyl (C=O) groups excluding carboxylic acids is 3. The van der Waals surface area contributed by atoms with Crippen molar-refractivity contribution < 1.29 is 14.4 Å². The second-order valence-corrected chi connectivity index (χ2v) is 4.64. The number of piperidine rings is 1. The largest absolute Gasteiger partial charge is 0.368 e.